The van der Waals surface area contributed by atoms with Crippen molar-refractivity contribution in [3.63, 3.8) is 0 Å². The van der Waals surface area contributed by atoms with E-state index in [-0.39, 0.29) is 35.8 Å². The van der Waals surface area contributed by atoms with E-state index in [0.29, 0.717) is 18.5 Å². The summed E-state index contributed by atoms with van der Waals surface area (Å²) in [6.07, 6.45) is 3.73. The number of fused-ring (bicyclic) bond motifs is 1. The predicted molar refractivity (Wildman–Crippen MR) is 93.6 cm³/mol. The highest BCUT2D eigenvalue weighted by molar-refractivity contribution is 5.86. The van der Waals surface area contributed by atoms with Gasteiger partial charge in [-0.05, 0) is 19.8 Å². The molecule has 2 aromatic rings. The number of aliphatic hydroxyl groups is 1. The van der Waals surface area contributed by atoms with Crippen molar-refractivity contribution in [2.45, 2.75) is 45.4 Å². The van der Waals surface area contributed by atoms with Crippen LogP contribution in [-0.4, -0.2) is 45.4 Å². The zero-order valence-corrected chi connectivity index (χ0v) is 15.4. The van der Waals surface area contributed by atoms with E-state index in [1.165, 1.54) is 12.5 Å². The molecule has 1 aliphatic heterocycles. The normalized spacial score (nSPS) is 22.3. The summed E-state index contributed by atoms with van der Waals surface area (Å²) in [5, 5.41) is 7.19. The number of nitrogens with two attached hydrogens (primary N) is 1. The summed E-state index contributed by atoms with van der Waals surface area (Å²) in [6, 6.07) is 0. The molecular weight excluding hydrogens is 343 g/mol. The Hall–Kier alpha value is -2.26. The molecule has 26 heavy (non-hydrogen) atoms. The van der Waals surface area contributed by atoms with E-state index in [1.807, 2.05) is 6.92 Å². The highest BCUT2D eigenvalue weighted by Crippen LogP contribution is 2.38. The third-order valence-electron chi connectivity index (χ3n) is 4.31. The second-order valence-corrected chi connectivity index (χ2v) is 6.54. The Morgan fingerprint density at radius 3 is 2.88 bits per heavy atom. The van der Waals surface area contributed by atoms with Gasteiger partial charge >= 0.3 is 5.97 Å². The number of carbonyl (C=O) groups excluding carboxylic acids is 1. The van der Waals surface area contributed by atoms with Crippen molar-refractivity contribution in [1.82, 2.24) is 14.5 Å². The highest BCUT2D eigenvalue weighted by Gasteiger charge is 2.40. The predicted octanol–water partition coefficient (Wildman–Crippen LogP) is 1.81. The average molecular weight is 368 g/mol. The first kappa shape index (κ1) is 20.1. The number of hydrogen-bond acceptors (Lipinski definition) is 7. The summed E-state index contributed by atoms with van der Waals surface area (Å²) in [5.41, 5.74) is 5.36. The van der Waals surface area contributed by atoms with E-state index in [0.717, 1.165) is 7.11 Å². The molecule has 0 aromatic carbocycles. The lowest BCUT2D eigenvalue weighted by Gasteiger charge is -2.27. The fourth-order valence-electron chi connectivity index (χ4n) is 2.94. The topological polar surface area (TPSA) is 112 Å². The Labute approximate surface area is 151 Å². The first-order valence-electron chi connectivity index (χ1n) is 8.38. The van der Waals surface area contributed by atoms with Crippen LogP contribution in [0.3, 0.4) is 0 Å². The number of hydrogen-bond donors (Lipinski definition) is 2. The minimum absolute atomic E-state index is 0.0975. The maximum absolute atomic E-state index is 14.2. The molecule has 8 nitrogen and oxygen atoms in total. The molecule has 3 N–H and O–H groups in total. The van der Waals surface area contributed by atoms with Crippen LogP contribution in [0.15, 0.2) is 12.5 Å². The molecule has 1 aliphatic rings. The fraction of sp³-hybridized carbons (Fsp3) is 0.588. The SMILES string of the molecule is CC(C)C(=O)OCC1CC[C@](C)(n2cc(F)c3c(N)ncnc32)O1.CO. The lowest BCUT2D eigenvalue weighted by atomic mass is 10.1. The summed E-state index contributed by atoms with van der Waals surface area (Å²) < 4.78 is 27.1. The number of rotatable bonds is 4. The number of esters is 1. The summed E-state index contributed by atoms with van der Waals surface area (Å²) in [7, 11) is 1.00. The molecule has 9 heteroatoms. The first-order chi connectivity index (χ1) is 12.3. The Morgan fingerprint density at radius 1 is 1.54 bits per heavy atom. The van der Waals surface area contributed by atoms with Crippen LogP contribution in [0, 0.1) is 11.7 Å². The molecule has 0 spiro atoms. The molecule has 0 amide bonds. The summed E-state index contributed by atoms with van der Waals surface area (Å²) >= 11 is 0. The Balaban J connectivity index is 0.00000117. The van der Waals surface area contributed by atoms with Crippen molar-refractivity contribution in [3.05, 3.63) is 18.3 Å². The Morgan fingerprint density at radius 2 is 2.23 bits per heavy atom. The van der Waals surface area contributed by atoms with Crippen molar-refractivity contribution in [3.8, 4) is 0 Å². The van der Waals surface area contributed by atoms with Gasteiger partial charge in [-0.2, -0.15) is 0 Å². The molecule has 0 aliphatic carbocycles. The number of aromatic nitrogens is 3. The number of nitrogen functional groups attached to an aromatic ring is 1. The maximum atomic E-state index is 14.2. The van der Waals surface area contributed by atoms with Crippen LogP contribution in [0.1, 0.15) is 33.6 Å². The van der Waals surface area contributed by atoms with E-state index in [9.17, 15) is 9.18 Å². The monoisotopic (exact) mass is 368 g/mol. The number of aliphatic hydroxyl groups excluding tert-OH is 1. The second kappa shape index (κ2) is 7.96. The smallest absolute Gasteiger partial charge is 0.308 e. The highest BCUT2D eigenvalue weighted by atomic mass is 19.1. The Kier molecular flexibility index (Phi) is 6.14. The van der Waals surface area contributed by atoms with Gasteiger partial charge in [0.05, 0.1) is 17.4 Å². The zero-order chi connectivity index (χ0) is 19.5. The molecule has 2 aromatic heterocycles. The lowest BCUT2D eigenvalue weighted by molar-refractivity contribution is -0.156. The molecule has 1 saturated heterocycles. The van der Waals surface area contributed by atoms with E-state index in [2.05, 4.69) is 9.97 Å². The van der Waals surface area contributed by atoms with Crippen molar-refractivity contribution in [1.29, 1.82) is 0 Å². The molecule has 0 bridgehead atoms. The standard InChI is InChI=1S/C16H21FN4O3.CH4O/c1-9(2)15(22)23-7-10-4-5-16(3,24-10)21-6-11(17)12-13(18)19-8-20-14(12)21;1-2/h6,8-10H,4-5,7H2,1-3H3,(H2,18,19,20);2H,1H3/t10?,16-;/m1./s1. The summed E-state index contributed by atoms with van der Waals surface area (Å²) in [6.45, 7) is 5.60. The number of ether oxygens (including phenoxy) is 2. The van der Waals surface area contributed by atoms with Crippen LogP contribution in [-0.2, 0) is 20.0 Å². The summed E-state index contributed by atoms with van der Waals surface area (Å²) in [5.74, 6) is -0.826. The molecule has 0 saturated carbocycles. The van der Waals surface area contributed by atoms with Gasteiger partial charge in [0.1, 0.15) is 24.5 Å². The van der Waals surface area contributed by atoms with E-state index in [1.54, 1.807) is 18.4 Å². The number of halogens is 1. The number of carbonyl (C=O) groups is 1. The zero-order valence-electron chi connectivity index (χ0n) is 15.4. The fourth-order valence-corrected chi connectivity index (χ4v) is 2.94. The third-order valence-corrected chi connectivity index (χ3v) is 4.31. The third kappa shape index (κ3) is 3.78. The molecule has 1 unspecified atom stereocenters. The van der Waals surface area contributed by atoms with Gasteiger partial charge in [-0.3, -0.25) is 4.79 Å². The first-order valence-corrected chi connectivity index (χ1v) is 8.38. The molecule has 0 radical (unpaired) electrons. The van der Waals surface area contributed by atoms with Crippen molar-refractivity contribution in [2.75, 3.05) is 19.5 Å². The van der Waals surface area contributed by atoms with E-state index >= 15 is 0 Å². The van der Waals surface area contributed by atoms with Gasteiger partial charge in [0, 0.05) is 13.3 Å². The second-order valence-electron chi connectivity index (χ2n) is 6.54. The molecule has 144 valence electrons. The van der Waals surface area contributed by atoms with Crippen molar-refractivity contribution >= 4 is 22.8 Å². The minimum atomic E-state index is -0.779. The maximum Gasteiger partial charge on any atom is 0.308 e. The van der Waals surface area contributed by atoms with Gasteiger partial charge in [0.15, 0.2) is 11.5 Å². The molecule has 2 atom stereocenters. The van der Waals surface area contributed by atoms with Gasteiger partial charge < -0.3 is 24.9 Å². The molecule has 3 heterocycles. The number of anilines is 1. The van der Waals surface area contributed by atoms with Crippen LogP contribution in [0.2, 0.25) is 0 Å². The molecule has 1 fully saturated rings. The largest absolute Gasteiger partial charge is 0.463 e. The quantitative estimate of drug-likeness (QED) is 0.791. The van der Waals surface area contributed by atoms with Crippen molar-refractivity contribution in [2.24, 2.45) is 5.92 Å². The van der Waals surface area contributed by atoms with Crippen LogP contribution in [0.5, 0.6) is 0 Å². The van der Waals surface area contributed by atoms with Crippen molar-refractivity contribution < 1.29 is 23.8 Å². The summed E-state index contributed by atoms with van der Waals surface area (Å²) in [4.78, 5) is 19.6. The van der Waals surface area contributed by atoms with E-state index < -0.39 is 11.5 Å². The minimum Gasteiger partial charge on any atom is -0.463 e. The molecule has 3 rings (SSSR count). The van der Waals surface area contributed by atoms with Crippen LogP contribution in [0.25, 0.3) is 11.0 Å². The van der Waals surface area contributed by atoms with Crippen LogP contribution in [0.4, 0.5) is 10.2 Å². The van der Waals surface area contributed by atoms with Crippen LogP contribution >= 0.6 is 0 Å². The van der Waals surface area contributed by atoms with E-state index in [4.69, 9.17) is 20.3 Å². The number of nitrogens with zero attached hydrogens (tertiary/aromatic N) is 3. The van der Waals surface area contributed by atoms with Gasteiger partial charge in [-0.25, -0.2) is 14.4 Å². The lowest BCUT2D eigenvalue weighted by Crippen LogP contribution is -2.31. The Bertz CT molecular complexity index is 779. The van der Waals surface area contributed by atoms with Gasteiger partial charge in [0.2, 0.25) is 0 Å². The van der Waals surface area contributed by atoms with Crippen LogP contribution < -0.4 is 5.73 Å². The molecular formula is C17H25FN4O4. The van der Waals surface area contributed by atoms with Gasteiger partial charge in [0.25, 0.3) is 0 Å². The average Bonchev–Trinajstić information content (AvgIpc) is 3.17. The van der Waals surface area contributed by atoms with Gasteiger partial charge in [-0.1, -0.05) is 13.8 Å². The van der Waals surface area contributed by atoms with Gasteiger partial charge in [-0.15, -0.1) is 0 Å².